The van der Waals surface area contributed by atoms with E-state index in [0.717, 1.165) is 141 Å². The molecule has 0 bridgehead atoms. The van der Waals surface area contributed by atoms with Gasteiger partial charge in [-0.3, -0.25) is 14.4 Å². The number of unbranched alkanes of at least 4 members (excludes halogenated alkanes) is 31. The van der Waals surface area contributed by atoms with Crippen LogP contribution in [0.3, 0.4) is 0 Å². The van der Waals surface area contributed by atoms with Crippen LogP contribution in [0.15, 0.2) is 122 Å². The summed E-state index contributed by atoms with van der Waals surface area (Å²) in [6.07, 6.45) is 96.5. The Hall–Kier alpha value is -4.19. The van der Waals surface area contributed by atoms with Crippen molar-refractivity contribution in [2.75, 3.05) is 13.2 Å². The summed E-state index contributed by atoms with van der Waals surface area (Å²) in [5.74, 6) is -0.905. The monoisotopic (exact) mass is 1140 g/mol. The summed E-state index contributed by atoms with van der Waals surface area (Å²) in [6, 6.07) is 0. The molecule has 6 heteroatoms. The third-order valence-corrected chi connectivity index (χ3v) is 14.7. The lowest BCUT2D eigenvalue weighted by molar-refractivity contribution is -0.167. The Balaban J connectivity index is 4.31. The van der Waals surface area contributed by atoms with Gasteiger partial charge in [-0.25, -0.2) is 0 Å². The van der Waals surface area contributed by atoms with Crippen LogP contribution in [-0.2, 0) is 28.6 Å². The van der Waals surface area contributed by atoms with Gasteiger partial charge in [-0.15, -0.1) is 0 Å². The van der Waals surface area contributed by atoms with Crippen LogP contribution < -0.4 is 0 Å². The van der Waals surface area contributed by atoms with Crippen LogP contribution in [0.25, 0.3) is 0 Å². The highest BCUT2D eigenvalue weighted by atomic mass is 16.6. The summed E-state index contributed by atoms with van der Waals surface area (Å²) < 4.78 is 16.9. The molecule has 0 fully saturated rings. The van der Waals surface area contributed by atoms with E-state index in [1.807, 2.05) is 0 Å². The molecule has 0 aromatic rings. The van der Waals surface area contributed by atoms with E-state index in [9.17, 15) is 14.4 Å². The third-order valence-electron chi connectivity index (χ3n) is 14.7. The van der Waals surface area contributed by atoms with Gasteiger partial charge in [0, 0.05) is 19.3 Å². The number of rotatable bonds is 62. The van der Waals surface area contributed by atoms with E-state index in [-0.39, 0.29) is 31.1 Å². The van der Waals surface area contributed by atoms with Gasteiger partial charge in [-0.2, -0.15) is 0 Å². The maximum atomic E-state index is 12.9. The molecule has 0 heterocycles. The molecule has 0 saturated carbocycles. The van der Waals surface area contributed by atoms with Gasteiger partial charge in [0.1, 0.15) is 13.2 Å². The summed E-state index contributed by atoms with van der Waals surface area (Å²) in [7, 11) is 0. The van der Waals surface area contributed by atoms with Crippen LogP contribution in [0.1, 0.15) is 323 Å². The van der Waals surface area contributed by atoms with E-state index < -0.39 is 6.10 Å². The zero-order valence-electron chi connectivity index (χ0n) is 53.7. The van der Waals surface area contributed by atoms with Crippen molar-refractivity contribution in [2.45, 2.75) is 329 Å². The van der Waals surface area contributed by atoms with Crippen molar-refractivity contribution in [3.05, 3.63) is 122 Å². The van der Waals surface area contributed by atoms with E-state index >= 15 is 0 Å². The standard InChI is InChI=1S/C76H128O6/c1-4-7-10-13-16-19-22-25-27-29-31-32-33-34-35-36-37-38-39-40-41-42-43-44-46-47-49-51-54-57-60-63-66-69-75(78)81-72-73(71-80-74(77)68-65-62-59-56-53-24-21-18-15-12-9-6-3)82-76(79)70-67-64-61-58-55-52-50-48-45-30-28-26-23-20-17-14-11-8-5-2/h7,10,16,18-19,21,25,27,31-32,34-35,37-38,40-41,43-44,47,49,73H,4-6,8-9,11-15,17,20,22-24,26,28-30,33,36,39,42,45-46,48,50-72H2,1-3H3/b10-7-,19-16-,21-18-,27-25-,32-31-,35-34-,38-37-,41-40-,44-43-,49-47-. The molecule has 0 aliphatic carbocycles. The second-order valence-corrected chi connectivity index (χ2v) is 22.7. The Kier molecular flexibility index (Phi) is 65.8. The molecular weight excluding hydrogens is 1010 g/mol. The van der Waals surface area contributed by atoms with Gasteiger partial charge in [-0.05, 0) is 116 Å². The Morgan fingerprint density at radius 3 is 0.780 bits per heavy atom. The van der Waals surface area contributed by atoms with E-state index in [4.69, 9.17) is 14.2 Å². The fourth-order valence-electron chi connectivity index (χ4n) is 9.55. The van der Waals surface area contributed by atoms with Crippen LogP contribution in [-0.4, -0.2) is 37.2 Å². The Morgan fingerprint density at radius 2 is 0.476 bits per heavy atom. The van der Waals surface area contributed by atoms with Gasteiger partial charge in [0.15, 0.2) is 6.10 Å². The lowest BCUT2D eigenvalue weighted by Gasteiger charge is -2.18. The molecule has 468 valence electrons. The minimum Gasteiger partial charge on any atom is -0.462 e. The molecule has 6 nitrogen and oxygen atoms in total. The average molecular weight is 1140 g/mol. The topological polar surface area (TPSA) is 78.9 Å². The van der Waals surface area contributed by atoms with Crippen LogP contribution >= 0.6 is 0 Å². The number of ether oxygens (including phenoxy) is 3. The largest absolute Gasteiger partial charge is 0.462 e. The summed E-state index contributed by atoms with van der Waals surface area (Å²) in [5.41, 5.74) is 0. The third kappa shape index (κ3) is 66.6. The number of hydrogen-bond donors (Lipinski definition) is 0. The highest BCUT2D eigenvalue weighted by Crippen LogP contribution is 2.17. The van der Waals surface area contributed by atoms with Crippen LogP contribution in [0.4, 0.5) is 0 Å². The number of hydrogen-bond acceptors (Lipinski definition) is 6. The quantitative estimate of drug-likeness (QED) is 0.0261. The van der Waals surface area contributed by atoms with Crippen molar-refractivity contribution in [3.8, 4) is 0 Å². The zero-order valence-corrected chi connectivity index (χ0v) is 53.7. The highest BCUT2D eigenvalue weighted by molar-refractivity contribution is 5.71. The van der Waals surface area contributed by atoms with Gasteiger partial charge in [-0.1, -0.05) is 309 Å². The van der Waals surface area contributed by atoms with Crippen molar-refractivity contribution in [2.24, 2.45) is 0 Å². The second kappa shape index (κ2) is 69.3. The van der Waals surface area contributed by atoms with E-state index in [1.165, 1.54) is 141 Å². The number of carbonyl (C=O) groups is 3. The normalized spacial score (nSPS) is 12.9. The molecule has 0 aliphatic heterocycles. The molecule has 82 heavy (non-hydrogen) atoms. The summed E-state index contributed by atoms with van der Waals surface area (Å²) in [4.78, 5) is 38.3. The van der Waals surface area contributed by atoms with Crippen molar-refractivity contribution in [1.82, 2.24) is 0 Å². The first-order valence-corrected chi connectivity index (χ1v) is 34.5. The molecule has 0 N–H and O–H groups in total. The smallest absolute Gasteiger partial charge is 0.306 e. The average Bonchev–Trinajstić information content (AvgIpc) is 3.47. The van der Waals surface area contributed by atoms with E-state index in [2.05, 4.69) is 142 Å². The lowest BCUT2D eigenvalue weighted by Crippen LogP contribution is -2.30. The molecule has 0 rings (SSSR count). The minimum atomic E-state index is -0.791. The Labute approximate surface area is 507 Å². The SMILES string of the molecule is CC/C=C\C/C=C\C/C=C\C/C=C\C/C=C\C/C=C\C/C=C\C/C=C\C/C=C\CCCCCCCC(=O)OCC(COC(=O)CCCCCCC/C=C\CCCCC)OC(=O)CCCCCCCCCCCCCCCCCCCCC. The molecule has 1 unspecified atom stereocenters. The van der Waals surface area contributed by atoms with Crippen molar-refractivity contribution < 1.29 is 28.6 Å². The fourth-order valence-corrected chi connectivity index (χ4v) is 9.55. The fraction of sp³-hybridized carbons (Fsp3) is 0.697. The van der Waals surface area contributed by atoms with Crippen LogP contribution in [0.2, 0.25) is 0 Å². The molecule has 0 spiro atoms. The lowest BCUT2D eigenvalue weighted by atomic mass is 10.0. The van der Waals surface area contributed by atoms with E-state index in [0.29, 0.717) is 19.3 Å². The Bertz CT molecular complexity index is 1690. The number of carbonyl (C=O) groups excluding carboxylic acids is 3. The predicted molar refractivity (Wildman–Crippen MR) is 357 cm³/mol. The first-order valence-electron chi connectivity index (χ1n) is 34.5. The van der Waals surface area contributed by atoms with Gasteiger partial charge in [0.25, 0.3) is 0 Å². The summed E-state index contributed by atoms with van der Waals surface area (Å²) in [6.45, 7) is 6.51. The minimum absolute atomic E-state index is 0.0873. The molecule has 0 amide bonds. The first-order chi connectivity index (χ1) is 40.5. The molecule has 0 saturated heterocycles. The molecule has 0 radical (unpaired) electrons. The molecule has 0 aliphatic rings. The van der Waals surface area contributed by atoms with Crippen molar-refractivity contribution >= 4 is 17.9 Å². The maximum absolute atomic E-state index is 12.9. The van der Waals surface area contributed by atoms with Gasteiger partial charge in [0.2, 0.25) is 0 Å². The summed E-state index contributed by atoms with van der Waals surface area (Å²) >= 11 is 0. The first kappa shape index (κ1) is 77.8. The maximum Gasteiger partial charge on any atom is 0.306 e. The number of esters is 3. The molecular formula is C76H128O6. The molecule has 0 aromatic carbocycles. The Morgan fingerprint density at radius 1 is 0.256 bits per heavy atom. The van der Waals surface area contributed by atoms with Crippen LogP contribution in [0, 0.1) is 0 Å². The second-order valence-electron chi connectivity index (χ2n) is 22.7. The number of allylic oxidation sites excluding steroid dienone is 20. The summed E-state index contributed by atoms with van der Waals surface area (Å²) in [5, 5.41) is 0. The van der Waals surface area contributed by atoms with Crippen molar-refractivity contribution in [3.63, 3.8) is 0 Å². The van der Waals surface area contributed by atoms with Crippen molar-refractivity contribution in [1.29, 1.82) is 0 Å². The van der Waals surface area contributed by atoms with Gasteiger partial charge in [0.05, 0.1) is 0 Å². The zero-order chi connectivity index (χ0) is 59.2. The van der Waals surface area contributed by atoms with E-state index in [1.54, 1.807) is 0 Å². The molecule has 0 aromatic heterocycles. The predicted octanol–water partition coefficient (Wildman–Crippen LogP) is 23.9. The molecule has 1 atom stereocenters. The highest BCUT2D eigenvalue weighted by Gasteiger charge is 2.19. The van der Waals surface area contributed by atoms with Gasteiger partial charge < -0.3 is 14.2 Å². The van der Waals surface area contributed by atoms with Gasteiger partial charge >= 0.3 is 17.9 Å². The van der Waals surface area contributed by atoms with Crippen LogP contribution in [0.5, 0.6) is 0 Å².